The van der Waals surface area contributed by atoms with Gasteiger partial charge in [-0.1, -0.05) is 12.1 Å². The molecule has 2 aromatic heterocycles. The molecule has 152 valence electrons. The number of nitrogens with zero attached hydrogens (tertiary/aromatic N) is 2. The molecule has 0 amide bonds. The molecule has 0 aliphatic rings. The minimum Gasteiger partial charge on any atom is -0.493 e. The highest BCUT2D eigenvalue weighted by Crippen LogP contribution is 2.32. The van der Waals surface area contributed by atoms with Gasteiger partial charge in [0.05, 0.1) is 12.8 Å². The van der Waals surface area contributed by atoms with Gasteiger partial charge in [0.15, 0.2) is 11.5 Å². The normalized spacial score (nSPS) is 10.9. The number of halogens is 3. The molecule has 0 atom stereocenters. The van der Waals surface area contributed by atoms with Gasteiger partial charge in [-0.25, -0.2) is 13.8 Å². The van der Waals surface area contributed by atoms with E-state index in [0.29, 0.717) is 35.0 Å². The standard InChI is InChI=1S/C20H19F2IN4O2/c1-28-17-7-11(6-13-14(23)9-27-20(25)18(13)24)3-5-16(17)29-10-12-2-4-15(19(21)22)26-8-12/h2-5,7-9,19H,6,10,24H2,1H3,(H2,25,27). The van der Waals surface area contributed by atoms with Crippen molar-refractivity contribution in [2.24, 2.45) is 0 Å². The van der Waals surface area contributed by atoms with Gasteiger partial charge >= 0.3 is 0 Å². The van der Waals surface area contributed by atoms with Crippen molar-refractivity contribution in [2.75, 3.05) is 18.6 Å². The number of nitrogen functional groups attached to an aromatic ring is 2. The lowest BCUT2D eigenvalue weighted by atomic mass is 10.0. The van der Waals surface area contributed by atoms with E-state index in [-0.39, 0.29) is 12.3 Å². The van der Waals surface area contributed by atoms with Gasteiger partial charge in [-0.2, -0.15) is 0 Å². The van der Waals surface area contributed by atoms with Crippen LogP contribution in [0.3, 0.4) is 0 Å². The monoisotopic (exact) mass is 512 g/mol. The molecule has 0 aliphatic heterocycles. The number of aromatic nitrogens is 2. The van der Waals surface area contributed by atoms with Crippen LogP contribution in [0.1, 0.15) is 28.8 Å². The van der Waals surface area contributed by atoms with E-state index in [2.05, 4.69) is 32.6 Å². The summed E-state index contributed by atoms with van der Waals surface area (Å²) in [6.07, 6.45) is 1.03. The summed E-state index contributed by atoms with van der Waals surface area (Å²) < 4.78 is 37.3. The second kappa shape index (κ2) is 9.21. The number of nitrogens with two attached hydrogens (primary N) is 2. The van der Waals surface area contributed by atoms with Crippen molar-refractivity contribution in [2.45, 2.75) is 19.5 Å². The van der Waals surface area contributed by atoms with E-state index in [1.165, 1.54) is 12.3 Å². The molecule has 4 N–H and O–H groups in total. The molecular weight excluding hydrogens is 493 g/mol. The third-order valence-electron chi connectivity index (χ3n) is 4.28. The average molecular weight is 512 g/mol. The number of hydrogen-bond acceptors (Lipinski definition) is 6. The first kappa shape index (κ1) is 21.0. The highest BCUT2D eigenvalue weighted by Gasteiger charge is 2.13. The molecule has 6 nitrogen and oxygen atoms in total. The SMILES string of the molecule is COc1cc(Cc2c(I)cnc(N)c2N)ccc1OCc1ccc(C(F)F)nc1. The van der Waals surface area contributed by atoms with Gasteiger partial charge < -0.3 is 20.9 Å². The molecule has 0 unspecified atom stereocenters. The minimum atomic E-state index is -2.59. The van der Waals surface area contributed by atoms with Gasteiger partial charge in [0.1, 0.15) is 18.1 Å². The van der Waals surface area contributed by atoms with E-state index in [4.69, 9.17) is 20.9 Å². The van der Waals surface area contributed by atoms with Crippen molar-refractivity contribution in [1.82, 2.24) is 9.97 Å². The van der Waals surface area contributed by atoms with Gasteiger partial charge in [-0.05, 0) is 51.9 Å². The van der Waals surface area contributed by atoms with Crippen molar-refractivity contribution in [3.8, 4) is 11.5 Å². The molecule has 29 heavy (non-hydrogen) atoms. The van der Waals surface area contributed by atoms with Gasteiger partial charge in [0.2, 0.25) is 0 Å². The van der Waals surface area contributed by atoms with Gasteiger partial charge in [0.25, 0.3) is 6.43 Å². The summed E-state index contributed by atoms with van der Waals surface area (Å²) in [7, 11) is 1.55. The molecule has 0 fully saturated rings. The Morgan fingerprint density at radius 2 is 1.79 bits per heavy atom. The van der Waals surface area contributed by atoms with Crippen LogP contribution in [0, 0.1) is 3.57 Å². The molecule has 0 saturated heterocycles. The summed E-state index contributed by atoms with van der Waals surface area (Å²) in [5.41, 5.74) is 14.6. The predicted molar refractivity (Wildman–Crippen MR) is 115 cm³/mol. The van der Waals surface area contributed by atoms with Crippen molar-refractivity contribution >= 4 is 34.1 Å². The molecular formula is C20H19F2IN4O2. The van der Waals surface area contributed by atoms with E-state index < -0.39 is 6.43 Å². The molecule has 3 rings (SSSR count). The fraction of sp³-hybridized carbons (Fsp3) is 0.200. The quantitative estimate of drug-likeness (QED) is 0.457. The summed E-state index contributed by atoms with van der Waals surface area (Å²) in [5.74, 6) is 1.39. The molecule has 1 aromatic carbocycles. The number of benzene rings is 1. The highest BCUT2D eigenvalue weighted by atomic mass is 127. The Bertz CT molecular complexity index is 1000. The summed E-state index contributed by atoms with van der Waals surface area (Å²) in [4.78, 5) is 7.78. The van der Waals surface area contributed by atoms with Crippen molar-refractivity contribution in [3.05, 3.63) is 68.7 Å². The number of anilines is 2. The number of hydrogen-bond donors (Lipinski definition) is 2. The van der Waals surface area contributed by atoms with Crippen LogP contribution in [-0.4, -0.2) is 17.1 Å². The van der Waals surface area contributed by atoms with Crippen molar-refractivity contribution < 1.29 is 18.3 Å². The van der Waals surface area contributed by atoms with E-state index >= 15 is 0 Å². The molecule has 3 aromatic rings. The number of methoxy groups -OCH3 is 1. The molecule has 2 heterocycles. The van der Waals surface area contributed by atoms with Gasteiger partial charge in [-0.3, -0.25) is 4.98 Å². The van der Waals surface area contributed by atoms with E-state index in [1.807, 2.05) is 12.1 Å². The lowest BCUT2D eigenvalue weighted by Gasteiger charge is -2.14. The second-order valence-corrected chi connectivity index (χ2v) is 7.39. The van der Waals surface area contributed by atoms with Gasteiger partial charge in [0, 0.05) is 27.9 Å². The molecule has 0 radical (unpaired) electrons. The summed E-state index contributed by atoms with van der Waals surface area (Å²) in [6.45, 7) is 0.179. The Hall–Kier alpha value is -2.69. The van der Waals surface area contributed by atoms with Crippen LogP contribution < -0.4 is 20.9 Å². The number of ether oxygens (including phenoxy) is 2. The van der Waals surface area contributed by atoms with Crippen LogP contribution in [0.2, 0.25) is 0 Å². The minimum absolute atomic E-state index is 0.179. The Labute approximate surface area is 180 Å². The Morgan fingerprint density at radius 1 is 1.03 bits per heavy atom. The first-order chi connectivity index (χ1) is 13.9. The third kappa shape index (κ3) is 5.03. The molecule has 0 spiro atoms. The maximum absolute atomic E-state index is 12.6. The average Bonchev–Trinajstić information content (AvgIpc) is 2.73. The smallest absolute Gasteiger partial charge is 0.280 e. The lowest BCUT2D eigenvalue weighted by Crippen LogP contribution is -2.05. The van der Waals surface area contributed by atoms with E-state index in [9.17, 15) is 8.78 Å². The summed E-state index contributed by atoms with van der Waals surface area (Å²) in [5, 5.41) is 0. The molecule has 9 heteroatoms. The summed E-state index contributed by atoms with van der Waals surface area (Å²) in [6, 6.07) is 8.41. The number of alkyl halides is 2. The zero-order valence-electron chi connectivity index (χ0n) is 15.5. The first-order valence-corrected chi connectivity index (χ1v) is 9.68. The Balaban J connectivity index is 1.74. The molecule has 0 aliphatic carbocycles. The fourth-order valence-electron chi connectivity index (χ4n) is 2.69. The van der Waals surface area contributed by atoms with Crippen LogP contribution in [-0.2, 0) is 13.0 Å². The number of rotatable bonds is 7. The van der Waals surface area contributed by atoms with Crippen molar-refractivity contribution in [3.63, 3.8) is 0 Å². The van der Waals surface area contributed by atoms with Crippen LogP contribution in [0.4, 0.5) is 20.3 Å². The van der Waals surface area contributed by atoms with Crippen LogP contribution in [0.15, 0.2) is 42.7 Å². The Morgan fingerprint density at radius 3 is 2.45 bits per heavy atom. The van der Waals surface area contributed by atoms with Crippen LogP contribution in [0.5, 0.6) is 11.5 Å². The second-order valence-electron chi connectivity index (χ2n) is 6.23. The maximum Gasteiger partial charge on any atom is 0.280 e. The van der Waals surface area contributed by atoms with E-state index in [1.54, 1.807) is 25.4 Å². The summed E-state index contributed by atoms with van der Waals surface area (Å²) >= 11 is 2.17. The van der Waals surface area contributed by atoms with Gasteiger partial charge in [-0.15, -0.1) is 0 Å². The molecule has 0 bridgehead atoms. The zero-order chi connectivity index (χ0) is 21.0. The molecule has 0 saturated carbocycles. The first-order valence-electron chi connectivity index (χ1n) is 8.60. The topological polar surface area (TPSA) is 96.3 Å². The van der Waals surface area contributed by atoms with Crippen LogP contribution in [0.25, 0.3) is 0 Å². The van der Waals surface area contributed by atoms with Crippen LogP contribution >= 0.6 is 22.6 Å². The Kier molecular flexibility index (Phi) is 6.68. The van der Waals surface area contributed by atoms with Crippen molar-refractivity contribution in [1.29, 1.82) is 0 Å². The largest absolute Gasteiger partial charge is 0.493 e. The fourth-order valence-corrected chi connectivity index (χ4v) is 3.31. The lowest BCUT2D eigenvalue weighted by molar-refractivity contribution is 0.146. The zero-order valence-corrected chi connectivity index (χ0v) is 17.7. The third-order valence-corrected chi connectivity index (χ3v) is 5.21. The maximum atomic E-state index is 12.6. The predicted octanol–water partition coefficient (Wildman–Crippen LogP) is 4.36. The van der Waals surface area contributed by atoms with E-state index in [0.717, 1.165) is 14.7 Å². The number of pyridine rings is 2. The highest BCUT2D eigenvalue weighted by molar-refractivity contribution is 14.1.